The summed E-state index contributed by atoms with van der Waals surface area (Å²) in [6.07, 6.45) is 4.71. The highest BCUT2D eigenvalue weighted by Crippen LogP contribution is 2.38. The van der Waals surface area contributed by atoms with Crippen LogP contribution in [0.4, 0.5) is 11.6 Å². The van der Waals surface area contributed by atoms with E-state index >= 15 is 0 Å². The first-order valence-corrected chi connectivity index (χ1v) is 8.93. The van der Waals surface area contributed by atoms with Crippen LogP contribution in [0.5, 0.6) is 0 Å². The summed E-state index contributed by atoms with van der Waals surface area (Å²) < 4.78 is 1.06. The van der Waals surface area contributed by atoms with Gasteiger partial charge in [0.25, 0.3) is 0 Å². The third-order valence-electron chi connectivity index (χ3n) is 5.03. The standard InChI is InChI=1S/C18H16BrN5/c19-12-4-5-16-15(7-12)18(22-11-21-16)24-10-13-8-14(24)9-23(13)17-3-1-2-6-20-17/h1-7,11,13-14H,8-10H2/t13-,14-/m1/s1. The molecule has 5 rings (SSSR count). The molecule has 120 valence electrons. The summed E-state index contributed by atoms with van der Waals surface area (Å²) in [5.41, 5.74) is 0.993. The van der Waals surface area contributed by atoms with E-state index in [2.05, 4.69) is 58.9 Å². The van der Waals surface area contributed by atoms with Crippen molar-refractivity contribution in [1.82, 2.24) is 15.0 Å². The zero-order chi connectivity index (χ0) is 16.1. The van der Waals surface area contributed by atoms with Crippen LogP contribution >= 0.6 is 15.9 Å². The number of fused-ring (bicyclic) bond motifs is 3. The van der Waals surface area contributed by atoms with Gasteiger partial charge < -0.3 is 9.80 Å². The van der Waals surface area contributed by atoms with Gasteiger partial charge in [-0.05, 0) is 36.8 Å². The molecule has 5 nitrogen and oxygen atoms in total. The minimum absolute atomic E-state index is 0.481. The van der Waals surface area contributed by atoms with Gasteiger partial charge in [-0.3, -0.25) is 0 Å². The lowest BCUT2D eigenvalue weighted by molar-refractivity contribution is 0.637. The zero-order valence-electron chi connectivity index (χ0n) is 13.0. The molecule has 2 saturated heterocycles. The summed E-state index contributed by atoms with van der Waals surface area (Å²) in [6, 6.07) is 13.3. The molecule has 2 aliphatic heterocycles. The van der Waals surface area contributed by atoms with Gasteiger partial charge in [-0.2, -0.15) is 0 Å². The number of rotatable bonds is 2. The highest BCUT2D eigenvalue weighted by Gasteiger charge is 2.44. The molecule has 24 heavy (non-hydrogen) atoms. The molecule has 0 N–H and O–H groups in total. The molecule has 4 heterocycles. The molecule has 0 unspecified atom stereocenters. The molecule has 0 radical (unpaired) electrons. The number of anilines is 2. The van der Waals surface area contributed by atoms with E-state index in [0.29, 0.717) is 12.1 Å². The van der Waals surface area contributed by atoms with E-state index in [4.69, 9.17) is 0 Å². The Balaban J connectivity index is 1.48. The number of nitrogens with zero attached hydrogens (tertiary/aromatic N) is 5. The second-order valence-corrected chi connectivity index (χ2v) is 7.31. The van der Waals surface area contributed by atoms with E-state index in [1.807, 2.05) is 24.4 Å². The highest BCUT2D eigenvalue weighted by atomic mass is 79.9. The van der Waals surface area contributed by atoms with Crippen LogP contribution in [-0.2, 0) is 0 Å². The predicted molar refractivity (Wildman–Crippen MR) is 98.4 cm³/mol. The molecule has 2 fully saturated rings. The number of pyridine rings is 1. The summed E-state index contributed by atoms with van der Waals surface area (Å²) in [7, 11) is 0. The molecule has 0 spiro atoms. The summed E-state index contributed by atoms with van der Waals surface area (Å²) in [4.78, 5) is 18.4. The van der Waals surface area contributed by atoms with Crippen molar-refractivity contribution in [3.05, 3.63) is 53.4 Å². The van der Waals surface area contributed by atoms with E-state index in [0.717, 1.165) is 46.5 Å². The summed E-state index contributed by atoms with van der Waals surface area (Å²) in [6.45, 7) is 1.99. The SMILES string of the molecule is Brc1ccc2ncnc(N3C[C@H]4C[C@@H]3CN4c3ccccn3)c2c1. The quantitative estimate of drug-likeness (QED) is 0.681. The average molecular weight is 382 g/mol. The van der Waals surface area contributed by atoms with E-state index in [1.54, 1.807) is 6.33 Å². The number of piperazine rings is 1. The van der Waals surface area contributed by atoms with Gasteiger partial charge in [0, 0.05) is 29.1 Å². The van der Waals surface area contributed by atoms with Gasteiger partial charge in [0.05, 0.1) is 17.6 Å². The van der Waals surface area contributed by atoms with Gasteiger partial charge in [0.15, 0.2) is 0 Å². The fourth-order valence-electron chi connectivity index (χ4n) is 3.97. The van der Waals surface area contributed by atoms with Crippen LogP contribution in [0.25, 0.3) is 10.9 Å². The monoisotopic (exact) mass is 381 g/mol. The fraction of sp³-hybridized carbons (Fsp3) is 0.278. The molecular weight excluding hydrogens is 366 g/mol. The molecule has 0 saturated carbocycles. The van der Waals surface area contributed by atoms with Crippen molar-refractivity contribution in [3.63, 3.8) is 0 Å². The number of benzene rings is 1. The van der Waals surface area contributed by atoms with E-state index in [1.165, 1.54) is 0 Å². The fourth-order valence-corrected chi connectivity index (χ4v) is 4.34. The average Bonchev–Trinajstić information content (AvgIpc) is 3.22. The van der Waals surface area contributed by atoms with Crippen molar-refractivity contribution in [2.24, 2.45) is 0 Å². The van der Waals surface area contributed by atoms with Crippen molar-refractivity contribution in [2.75, 3.05) is 22.9 Å². The van der Waals surface area contributed by atoms with Crippen LogP contribution in [0, 0.1) is 0 Å². The lowest BCUT2D eigenvalue weighted by Gasteiger charge is -2.35. The molecule has 2 aromatic heterocycles. The number of hydrogen-bond donors (Lipinski definition) is 0. The molecule has 2 bridgehead atoms. The van der Waals surface area contributed by atoms with Crippen LogP contribution < -0.4 is 9.80 Å². The molecule has 0 amide bonds. The minimum atomic E-state index is 0.481. The van der Waals surface area contributed by atoms with Crippen molar-refractivity contribution in [1.29, 1.82) is 0 Å². The van der Waals surface area contributed by atoms with Crippen LogP contribution in [0.2, 0.25) is 0 Å². The van der Waals surface area contributed by atoms with E-state index in [-0.39, 0.29) is 0 Å². The Bertz CT molecular complexity index is 900. The zero-order valence-corrected chi connectivity index (χ0v) is 14.6. The Morgan fingerprint density at radius 2 is 1.83 bits per heavy atom. The second kappa shape index (κ2) is 5.41. The van der Waals surface area contributed by atoms with E-state index in [9.17, 15) is 0 Å². The first-order chi connectivity index (χ1) is 11.8. The topological polar surface area (TPSA) is 45.2 Å². The lowest BCUT2D eigenvalue weighted by atomic mass is 10.2. The Morgan fingerprint density at radius 1 is 0.958 bits per heavy atom. The van der Waals surface area contributed by atoms with Crippen molar-refractivity contribution < 1.29 is 0 Å². The van der Waals surface area contributed by atoms with Gasteiger partial charge in [-0.25, -0.2) is 15.0 Å². The maximum atomic E-state index is 4.61. The first-order valence-electron chi connectivity index (χ1n) is 8.14. The number of aromatic nitrogens is 3. The first kappa shape index (κ1) is 14.2. The van der Waals surface area contributed by atoms with Gasteiger partial charge in [0.1, 0.15) is 18.0 Å². The molecule has 2 atom stereocenters. The van der Waals surface area contributed by atoms with Crippen LogP contribution in [0.15, 0.2) is 53.4 Å². The molecular formula is C18H16BrN5. The van der Waals surface area contributed by atoms with Crippen molar-refractivity contribution in [3.8, 4) is 0 Å². The minimum Gasteiger partial charge on any atom is -0.350 e. The molecule has 6 heteroatoms. The highest BCUT2D eigenvalue weighted by molar-refractivity contribution is 9.10. The van der Waals surface area contributed by atoms with Gasteiger partial charge in [-0.1, -0.05) is 22.0 Å². The molecule has 0 aliphatic carbocycles. The summed E-state index contributed by atoms with van der Waals surface area (Å²) in [5, 5.41) is 1.11. The largest absolute Gasteiger partial charge is 0.350 e. The normalized spacial score (nSPS) is 22.5. The Kier molecular flexibility index (Phi) is 3.19. The smallest absolute Gasteiger partial charge is 0.140 e. The summed E-state index contributed by atoms with van der Waals surface area (Å²) >= 11 is 3.57. The Hall–Kier alpha value is -2.21. The maximum Gasteiger partial charge on any atom is 0.140 e. The van der Waals surface area contributed by atoms with Crippen LogP contribution in [0.1, 0.15) is 6.42 Å². The van der Waals surface area contributed by atoms with Crippen molar-refractivity contribution >= 4 is 38.5 Å². The maximum absolute atomic E-state index is 4.61. The number of halogens is 1. The summed E-state index contributed by atoms with van der Waals surface area (Å²) in [5.74, 6) is 2.13. The van der Waals surface area contributed by atoms with Gasteiger partial charge in [0.2, 0.25) is 0 Å². The second-order valence-electron chi connectivity index (χ2n) is 6.39. The van der Waals surface area contributed by atoms with Crippen LogP contribution in [0.3, 0.4) is 0 Å². The third-order valence-corrected chi connectivity index (χ3v) is 5.53. The number of hydrogen-bond acceptors (Lipinski definition) is 5. The molecule has 1 aromatic carbocycles. The van der Waals surface area contributed by atoms with Gasteiger partial charge >= 0.3 is 0 Å². The van der Waals surface area contributed by atoms with Crippen molar-refractivity contribution in [2.45, 2.75) is 18.5 Å². The Labute approximate surface area is 148 Å². The molecule has 2 aliphatic rings. The third kappa shape index (κ3) is 2.17. The Morgan fingerprint density at radius 3 is 2.62 bits per heavy atom. The van der Waals surface area contributed by atoms with E-state index < -0.39 is 0 Å². The molecule has 3 aromatic rings. The lowest BCUT2D eigenvalue weighted by Crippen LogP contribution is -2.47. The van der Waals surface area contributed by atoms with Crippen LogP contribution in [-0.4, -0.2) is 40.1 Å². The van der Waals surface area contributed by atoms with Gasteiger partial charge in [-0.15, -0.1) is 0 Å². The predicted octanol–water partition coefficient (Wildman–Crippen LogP) is 3.25.